The Labute approximate surface area is 164 Å². The molecule has 6 heteroatoms. The van der Waals surface area contributed by atoms with E-state index in [1.807, 2.05) is 13.8 Å². The Morgan fingerprint density at radius 1 is 1.21 bits per heavy atom. The molecule has 1 atom stereocenters. The lowest BCUT2D eigenvalue weighted by molar-refractivity contribution is -0.121. The third-order valence-electron chi connectivity index (χ3n) is 5.57. The molecule has 0 fully saturated rings. The van der Waals surface area contributed by atoms with E-state index in [1.54, 1.807) is 24.3 Å². The number of benzene rings is 1. The Hall–Kier alpha value is -2.63. The minimum Gasteiger partial charge on any atom is -0.354 e. The highest BCUT2D eigenvalue weighted by atomic mass is 16.2. The van der Waals surface area contributed by atoms with Gasteiger partial charge in [-0.2, -0.15) is 0 Å². The zero-order valence-corrected chi connectivity index (χ0v) is 16.7. The number of nitrogens with zero attached hydrogens (tertiary/aromatic N) is 2. The van der Waals surface area contributed by atoms with Crippen molar-refractivity contribution >= 4 is 16.8 Å². The van der Waals surface area contributed by atoms with Gasteiger partial charge in [0.1, 0.15) is 6.54 Å². The Bertz CT molecular complexity index is 1000. The number of amides is 1. The SMILES string of the molecule is CC[C@@H](C)n1c(=O)c2ccccc2n(CC(=O)NCCC2=CCCCC2)c1=O. The fourth-order valence-corrected chi connectivity index (χ4v) is 3.76. The van der Waals surface area contributed by atoms with Crippen LogP contribution in [0.5, 0.6) is 0 Å². The van der Waals surface area contributed by atoms with Crippen LogP contribution >= 0.6 is 0 Å². The summed E-state index contributed by atoms with van der Waals surface area (Å²) in [4.78, 5) is 38.3. The van der Waals surface area contributed by atoms with E-state index in [1.165, 1.54) is 27.5 Å². The van der Waals surface area contributed by atoms with E-state index in [0.29, 0.717) is 23.9 Å². The number of aromatic nitrogens is 2. The van der Waals surface area contributed by atoms with Crippen LogP contribution in [0.3, 0.4) is 0 Å². The molecule has 1 aromatic heterocycles. The smallest absolute Gasteiger partial charge is 0.332 e. The van der Waals surface area contributed by atoms with E-state index in [2.05, 4.69) is 11.4 Å². The highest BCUT2D eigenvalue weighted by molar-refractivity contribution is 5.81. The molecule has 0 radical (unpaired) electrons. The number of hydrogen-bond donors (Lipinski definition) is 1. The number of nitrogens with one attached hydrogen (secondary N) is 1. The molecule has 2 aromatic rings. The fraction of sp³-hybridized carbons (Fsp3) is 0.500. The molecule has 1 aliphatic carbocycles. The molecule has 0 saturated carbocycles. The maximum Gasteiger partial charge on any atom is 0.332 e. The maximum atomic E-state index is 13.0. The van der Waals surface area contributed by atoms with Gasteiger partial charge in [0.25, 0.3) is 5.56 Å². The number of hydrogen-bond acceptors (Lipinski definition) is 3. The first-order chi connectivity index (χ1) is 13.5. The molecule has 1 N–H and O–H groups in total. The first kappa shape index (κ1) is 20.1. The lowest BCUT2D eigenvalue weighted by Crippen LogP contribution is -2.43. The summed E-state index contributed by atoms with van der Waals surface area (Å²) in [5.41, 5.74) is 1.18. The first-order valence-corrected chi connectivity index (χ1v) is 10.2. The van der Waals surface area contributed by atoms with Crippen molar-refractivity contribution in [2.45, 2.75) is 65.0 Å². The summed E-state index contributed by atoms with van der Waals surface area (Å²) in [5.74, 6) is -0.210. The molecule has 0 aliphatic heterocycles. The minimum absolute atomic E-state index is 0.0882. The summed E-state index contributed by atoms with van der Waals surface area (Å²) >= 11 is 0. The molecule has 1 aromatic carbocycles. The summed E-state index contributed by atoms with van der Waals surface area (Å²) in [5, 5.41) is 3.38. The van der Waals surface area contributed by atoms with Crippen LogP contribution in [-0.4, -0.2) is 21.6 Å². The van der Waals surface area contributed by atoms with E-state index in [4.69, 9.17) is 0 Å². The average Bonchev–Trinajstić information content (AvgIpc) is 2.72. The number of fused-ring (bicyclic) bond motifs is 1. The number of para-hydroxylation sites is 1. The maximum absolute atomic E-state index is 13.0. The molecule has 3 rings (SSSR count). The van der Waals surface area contributed by atoms with Crippen molar-refractivity contribution in [2.75, 3.05) is 6.54 Å². The molecule has 1 aliphatic rings. The standard InChI is InChI=1S/C22H29N3O3/c1-3-16(2)25-21(27)18-11-7-8-12-19(18)24(22(25)28)15-20(26)23-14-13-17-9-5-4-6-10-17/h7-9,11-12,16H,3-6,10,13-15H2,1-2H3,(H,23,26)/t16-/m1/s1. The quantitative estimate of drug-likeness (QED) is 0.747. The predicted molar refractivity (Wildman–Crippen MR) is 112 cm³/mol. The van der Waals surface area contributed by atoms with Crippen molar-refractivity contribution < 1.29 is 4.79 Å². The van der Waals surface area contributed by atoms with Crippen LogP contribution in [0.1, 0.15) is 58.4 Å². The Morgan fingerprint density at radius 3 is 2.71 bits per heavy atom. The first-order valence-electron chi connectivity index (χ1n) is 10.2. The molecule has 0 spiro atoms. The van der Waals surface area contributed by atoms with Gasteiger partial charge >= 0.3 is 5.69 Å². The summed E-state index contributed by atoms with van der Waals surface area (Å²) in [6, 6.07) is 6.76. The highest BCUT2D eigenvalue weighted by Crippen LogP contribution is 2.19. The molecule has 150 valence electrons. The third-order valence-corrected chi connectivity index (χ3v) is 5.57. The molecule has 1 amide bonds. The van der Waals surface area contributed by atoms with Gasteiger partial charge in [0.2, 0.25) is 5.91 Å². The zero-order chi connectivity index (χ0) is 20.1. The molecular weight excluding hydrogens is 354 g/mol. The summed E-state index contributed by atoms with van der Waals surface area (Å²) in [7, 11) is 0. The highest BCUT2D eigenvalue weighted by Gasteiger charge is 2.17. The van der Waals surface area contributed by atoms with Crippen molar-refractivity contribution in [3.8, 4) is 0 Å². The Morgan fingerprint density at radius 2 is 2.00 bits per heavy atom. The third kappa shape index (κ3) is 4.26. The van der Waals surface area contributed by atoms with E-state index in [-0.39, 0.29) is 24.1 Å². The summed E-state index contributed by atoms with van der Waals surface area (Å²) in [6.45, 7) is 4.26. The molecule has 1 heterocycles. The molecule has 0 bridgehead atoms. The largest absolute Gasteiger partial charge is 0.354 e. The Balaban J connectivity index is 1.83. The second-order valence-corrected chi connectivity index (χ2v) is 7.53. The van der Waals surface area contributed by atoms with Crippen molar-refractivity contribution in [1.82, 2.24) is 14.5 Å². The molecule has 28 heavy (non-hydrogen) atoms. The van der Waals surface area contributed by atoms with Gasteiger partial charge < -0.3 is 5.32 Å². The van der Waals surface area contributed by atoms with Crippen molar-refractivity contribution in [3.63, 3.8) is 0 Å². The van der Waals surface area contributed by atoms with Crippen LogP contribution in [0.2, 0.25) is 0 Å². The second-order valence-electron chi connectivity index (χ2n) is 7.53. The lowest BCUT2D eigenvalue weighted by Gasteiger charge is -2.17. The van der Waals surface area contributed by atoms with Gasteiger partial charge in [0, 0.05) is 12.6 Å². The van der Waals surface area contributed by atoms with Crippen LogP contribution < -0.4 is 16.6 Å². The fourth-order valence-electron chi connectivity index (χ4n) is 3.76. The number of carbonyl (C=O) groups excluding carboxylic acids is 1. The molecule has 0 saturated heterocycles. The summed E-state index contributed by atoms with van der Waals surface area (Å²) in [6.07, 6.45) is 8.50. The van der Waals surface area contributed by atoms with Crippen LogP contribution in [0.25, 0.3) is 10.9 Å². The van der Waals surface area contributed by atoms with Crippen LogP contribution in [0.15, 0.2) is 45.5 Å². The van der Waals surface area contributed by atoms with Gasteiger partial charge in [-0.3, -0.25) is 18.7 Å². The predicted octanol–water partition coefficient (Wildman–Crippen LogP) is 3.14. The van der Waals surface area contributed by atoms with E-state index in [9.17, 15) is 14.4 Å². The topological polar surface area (TPSA) is 73.1 Å². The van der Waals surface area contributed by atoms with Crippen molar-refractivity contribution in [2.24, 2.45) is 0 Å². The van der Waals surface area contributed by atoms with E-state index >= 15 is 0 Å². The number of allylic oxidation sites excluding steroid dienone is 1. The van der Waals surface area contributed by atoms with Gasteiger partial charge in [-0.05, 0) is 57.6 Å². The summed E-state index contributed by atoms with van der Waals surface area (Å²) < 4.78 is 2.68. The second kappa shape index (κ2) is 9.04. The zero-order valence-electron chi connectivity index (χ0n) is 16.7. The number of rotatable bonds is 7. The average molecular weight is 383 g/mol. The Kier molecular flexibility index (Phi) is 6.49. The van der Waals surface area contributed by atoms with Gasteiger partial charge in [-0.25, -0.2) is 4.79 Å². The van der Waals surface area contributed by atoms with Crippen LogP contribution in [0.4, 0.5) is 0 Å². The monoisotopic (exact) mass is 383 g/mol. The molecular formula is C22H29N3O3. The van der Waals surface area contributed by atoms with Gasteiger partial charge in [0.15, 0.2) is 0 Å². The minimum atomic E-state index is -0.428. The molecule has 6 nitrogen and oxygen atoms in total. The van der Waals surface area contributed by atoms with Crippen molar-refractivity contribution in [1.29, 1.82) is 0 Å². The van der Waals surface area contributed by atoms with Gasteiger partial charge in [-0.1, -0.05) is 30.7 Å². The number of carbonyl (C=O) groups is 1. The lowest BCUT2D eigenvalue weighted by atomic mass is 9.97. The van der Waals surface area contributed by atoms with E-state index < -0.39 is 5.69 Å². The van der Waals surface area contributed by atoms with Crippen LogP contribution in [0, 0.1) is 0 Å². The molecule has 0 unspecified atom stereocenters. The van der Waals surface area contributed by atoms with Gasteiger partial charge in [0.05, 0.1) is 10.9 Å². The van der Waals surface area contributed by atoms with Gasteiger partial charge in [-0.15, -0.1) is 0 Å². The van der Waals surface area contributed by atoms with E-state index in [0.717, 1.165) is 19.3 Å². The van der Waals surface area contributed by atoms with Crippen LogP contribution in [-0.2, 0) is 11.3 Å². The normalized spacial score (nSPS) is 15.3. The van der Waals surface area contributed by atoms with Crippen molar-refractivity contribution in [3.05, 3.63) is 56.8 Å².